The maximum atomic E-state index is 11.8. The third-order valence-corrected chi connectivity index (χ3v) is 4.03. The molecule has 0 spiro atoms. The largest absolute Gasteiger partial charge is 0.460 e. The van der Waals surface area contributed by atoms with Crippen LogP contribution in [0, 0.1) is 11.8 Å². The number of imidazole rings is 1. The zero-order chi connectivity index (χ0) is 13.1. The first-order valence-corrected chi connectivity index (χ1v) is 6.88. The monoisotopic (exact) mass is 250 g/mol. The van der Waals surface area contributed by atoms with E-state index in [2.05, 4.69) is 23.4 Å². The number of esters is 1. The molecule has 0 aliphatic carbocycles. The summed E-state index contributed by atoms with van der Waals surface area (Å²) in [7, 11) is 0. The Balaban J connectivity index is 2.19. The van der Waals surface area contributed by atoms with Crippen LogP contribution in [0.3, 0.4) is 0 Å². The molecule has 0 aromatic carbocycles. The molecular weight excluding hydrogens is 228 g/mol. The van der Waals surface area contributed by atoms with Crippen LogP contribution in [0.1, 0.15) is 49.9 Å². The molecule has 1 aliphatic rings. The highest BCUT2D eigenvalue weighted by Crippen LogP contribution is 2.28. The van der Waals surface area contributed by atoms with Crippen molar-refractivity contribution in [3.63, 3.8) is 0 Å². The number of aromatic nitrogens is 2. The van der Waals surface area contributed by atoms with Gasteiger partial charge >= 0.3 is 5.97 Å². The van der Waals surface area contributed by atoms with E-state index in [1.165, 1.54) is 12.8 Å². The number of carbonyl (C=O) groups is 1. The molecular formula is C14H22N2O2. The number of hydrogen-bond acceptors (Lipinski definition) is 3. The van der Waals surface area contributed by atoms with Crippen molar-refractivity contribution in [1.82, 2.24) is 9.55 Å². The first-order chi connectivity index (χ1) is 8.67. The second-order valence-electron chi connectivity index (χ2n) is 5.09. The minimum absolute atomic E-state index is 0.298. The van der Waals surface area contributed by atoms with E-state index in [0.717, 1.165) is 18.7 Å². The number of aryl methyl sites for hydroxylation is 1. The molecule has 0 fully saturated rings. The van der Waals surface area contributed by atoms with E-state index in [0.29, 0.717) is 24.3 Å². The average Bonchev–Trinajstić information content (AvgIpc) is 2.80. The lowest BCUT2D eigenvalue weighted by Crippen LogP contribution is -2.27. The van der Waals surface area contributed by atoms with Gasteiger partial charge in [-0.3, -0.25) is 0 Å². The summed E-state index contributed by atoms with van der Waals surface area (Å²) < 4.78 is 7.11. The van der Waals surface area contributed by atoms with Crippen molar-refractivity contribution >= 4 is 5.97 Å². The quantitative estimate of drug-likeness (QED) is 0.772. The predicted molar refractivity (Wildman–Crippen MR) is 69.4 cm³/mol. The number of rotatable bonds is 4. The molecule has 4 nitrogen and oxygen atoms in total. The molecule has 2 heterocycles. The normalized spacial score (nSPS) is 20.3. The molecule has 1 aromatic heterocycles. The molecule has 2 unspecified atom stereocenters. The molecule has 0 radical (unpaired) electrons. The summed E-state index contributed by atoms with van der Waals surface area (Å²) in [5.74, 6) is 1.51. The molecule has 0 saturated heterocycles. The third kappa shape index (κ3) is 2.42. The first-order valence-electron chi connectivity index (χ1n) is 6.88. The van der Waals surface area contributed by atoms with Gasteiger partial charge in [0, 0.05) is 18.4 Å². The van der Waals surface area contributed by atoms with E-state index in [9.17, 15) is 4.79 Å². The Labute approximate surface area is 108 Å². The fourth-order valence-electron chi connectivity index (χ4n) is 2.63. The van der Waals surface area contributed by atoms with Crippen molar-refractivity contribution in [2.24, 2.45) is 11.8 Å². The molecule has 0 bridgehead atoms. The Morgan fingerprint density at radius 1 is 1.61 bits per heavy atom. The van der Waals surface area contributed by atoms with Crippen LogP contribution in [0.25, 0.3) is 0 Å². The molecule has 18 heavy (non-hydrogen) atoms. The molecule has 0 saturated carbocycles. The van der Waals surface area contributed by atoms with E-state index in [1.54, 1.807) is 0 Å². The number of fused-ring (bicyclic) bond motifs is 1. The van der Waals surface area contributed by atoms with Crippen molar-refractivity contribution in [1.29, 1.82) is 0 Å². The van der Waals surface area contributed by atoms with Crippen LogP contribution < -0.4 is 0 Å². The highest BCUT2D eigenvalue weighted by Gasteiger charge is 2.27. The fourth-order valence-corrected chi connectivity index (χ4v) is 2.63. The van der Waals surface area contributed by atoms with Crippen molar-refractivity contribution < 1.29 is 9.53 Å². The number of carbonyl (C=O) groups excluding carboxylic acids is 1. The van der Waals surface area contributed by atoms with Crippen LogP contribution in [-0.2, 0) is 17.7 Å². The van der Waals surface area contributed by atoms with Crippen LogP contribution in [0.4, 0.5) is 0 Å². The minimum Gasteiger partial charge on any atom is -0.460 e. The summed E-state index contributed by atoms with van der Waals surface area (Å²) in [6, 6.07) is 0. The average molecular weight is 250 g/mol. The first kappa shape index (κ1) is 13.1. The molecule has 100 valence electrons. The summed E-state index contributed by atoms with van der Waals surface area (Å²) in [6.45, 7) is 7.63. The fraction of sp³-hybridized carbons (Fsp3) is 0.714. The summed E-state index contributed by atoms with van der Waals surface area (Å²) >= 11 is 0. The Bertz CT molecular complexity index is 425. The van der Waals surface area contributed by atoms with Crippen molar-refractivity contribution in [2.45, 2.75) is 46.6 Å². The van der Waals surface area contributed by atoms with Crippen LogP contribution in [0.5, 0.6) is 0 Å². The number of hydrogen-bond donors (Lipinski definition) is 0. The zero-order valence-corrected chi connectivity index (χ0v) is 11.5. The zero-order valence-electron chi connectivity index (χ0n) is 11.5. The maximum absolute atomic E-state index is 11.8. The lowest BCUT2D eigenvalue weighted by atomic mass is 9.85. The van der Waals surface area contributed by atoms with Crippen LogP contribution >= 0.6 is 0 Å². The highest BCUT2D eigenvalue weighted by molar-refractivity contribution is 5.85. The van der Waals surface area contributed by atoms with Crippen molar-refractivity contribution in [3.8, 4) is 0 Å². The SMILES string of the molecule is CCOC(=O)c1ncc2n1CC(C(C)CC)CC2. The Morgan fingerprint density at radius 2 is 2.39 bits per heavy atom. The molecule has 2 rings (SSSR count). The number of nitrogens with zero attached hydrogens (tertiary/aromatic N) is 2. The van der Waals surface area contributed by atoms with Gasteiger partial charge in [0.2, 0.25) is 5.82 Å². The topological polar surface area (TPSA) is 44.1 Å². The number of ether oxygens (including phenoxy) is 1. The Kier molecular flexibility index (Phi) is 4.04. The van der Waals surface area contributed by atoms with Crippen LogP contribution in [-0.4, -0.2) is 22.1 Å². The maximum Gasteiger partial charge on any atom is 0.374 e. The van der Waals surface area contributed by atoms with E-state index >= 15 is 0 Å². The van der Waals surface area contributed by atoms with Crippen LogP contribution in [0.15, 0.2) is 6.20 Å². The van der Waals surface area contributed by atoms with Crippen molar-refractivity contribution in [3.05, 3.63) is 17.7 Å². The van der Waals surface area contributed by atoms with E-state index in [4.69, 9.17) is 4.74 Å². The van der Waals surface area contributed by atoms with Gasteiger partial charge in [-0.05, 0) is 31.6 Å². The second-order valence-corrected chi connectivity index (χ2v) is 5.09. The van der Waals surface area contributed by atoms with Gasteiger partial charge in [-0.15, -0.1) is 0 Å². The predicted octanol–water partition coefficient (Wildman–Crippen LogP) is 2.67. The van der Waals surface area contributed by atoms with Gasteiger partial charge in [-0.1, -0.05) is 20.3 Å². The van der Waals surface area contributed by atoms with Gasteiger partial charge in [0.15, 0.2) is 0 Å². The summed E-state index contributed by atoms with van der Waals surface area (Å²) in [6.07, 6.45) is 5.22. The third-order valence-electron chi connectivity index (χ3n) is 4.03. The molecule has 4 heteroatoms. The lowest BCUT2D eigenvalue weighted by molar-refractivity contribution is 0.0502. The van der Waals surface area contributed by atoms with E-state index in [1.807, 2.05) is 13.1 Å². The van der Waals surface area contributed by atoms with Gasteiger partial charge < -0.3 is 9.30 Å². The van der Waals surface area contributed by atoms with E-state index in [-0.39, 0.29) is 5.97 Å². The van der Waals surface area contributed by atoms with Gasteiger partial charge in [0.1, 0.15) is 0 Å². The van der Waals surface area contributed by atoms with E-state index < -0.39 is 0 Å². The highest BCUT2D eigenvalue weighted by atomic mass is 16.5. The molecule has 0 amide bonds. The van der Waals surface area contributed by atoms with Gasteiger partial charge in [-0.25, -0.2) is 9.78 Å². The summed E-state index contributed by atoms with van der Waals surface area (Å²) in [4.78, 5) is 16.0. The smallest absolute Gasteiger partial charge is 0.374 e. The summed E-state index contributed by atoms with van der Waals surface area (Å²) in [5.41, 5.74) is 1.16. The molecule has 0 N–H and O–H groups in total. The second kappa shape index (κ2) is 5.55. The minimum atomic E-state index is -0.298. The Hall–Kier alpha value is -1.32. The van der Waals surface area contributed by atoms with Crippen molar-refractivity contribution in [2.75, 3.05) is 6.61 Å². The molecule has 1 aliphatic heterocycles. The lowest BCUT2D eigenvalue weighted by Gasteiger charge is -2.29. The molecule has 2 atom stereocenters. The van der Waals surface area contributed by atoms with Gasteiger partial charge in [-0.2, -0.15) is 0 Å². The van der Waals surface area contributed by atoms with Crippen LogP contribution in [0.2, 0.25) is 0 Å². The summed E-state index contributed by atoms with van der Waals surface area (Å²) in [5, 5.41) is 0. The molecule has 1 aromatic rings. The Morgan fingerprint density at radius 3 is 3.06 bits per heavy atom. The standard InChI is InChI=1S/C14H22N2O2/c1-4-10(3)11-6-7-12-8-15-13(16(12)9-11)14(17)18-5-2/h8,10-11H,4-7,9H2,1-3H3. The van der Waals surface area contributed by atoms with Gasteiger partial charge in [0.25, 0.3) is 0 Å². The van der Waals surface area contributed by atoms with Gasteiger partial charge in [0.05, 0.1) is 6.61 Å².